The topological polar surface area (TPSA) is 265 Å². The summed E-state index contributed by atoms with van der Waals surface area (Å²) in [6, 6.07) is 5.07. The highest BCUT2D eigenvalue weighted by Crippen LogP contribution is 2.44. The Morgan fingerprint density at radius 2 is 1.59 bits per heavy atom. The number of aromatic nitrogens is 1. The molecule has 1 aromatic carbocycles. The van der Waals surface area contributed by atoms with Gasteiger partial charge in [0.2, 0.25) is 5.43 Å². The van der Waals surface area contributed by atoms with E-state index in [2.05, 4.69) is 5.32 Å². The number of rotatable bonds is 17. The quantitative estimate of drug-likeness (QED) is 0.107. The summed E-state index contributed by atoms with van der Waals surface area (Å²) in [7, 11) is 8.75. The van der Waals surface area contributed by atoms with Crippen molar-refractivity contribution in [3.05, 3.63) is 45.7 Å². The number of aliphatic hydroxyl groups is 3. The van der Waals surface area contributed by atoms with Gasteiger partial charge in [0.15, 0.2) is 25.0 Å². The molecule has 0 spiro atoms. The van der Waals surface area contributed by atoms with E-state index in [0.717, 1.165) is 5.56 Å². The molecule has 4 saturated heterocycles. The highest BCUT2D eigenvalue weighted by Gasteiger charge is 2.56. The number of benzene rings is 1. The minimum Gasteiger partial charge on any atom is -0.477 e. The third kappa shape index (κ3) is 14.6. The average Bonchev–Trinajstić information content (AvgIpc) is 3.44. The van der Waals surface area contributed by atoms with Gasteiger partial charge in [-0.15, -0.1) is 0 Å². The van der Waals surface area contributed by atoms with Crippen LogP contribution in [0.3, 0.4) is 0 Å². The molecule has 0 radical (unpaired) electrons. The van der Waals surface area contributed by atoms with Crippen molar-refractivity contribution < 1.29 is 82.2 Å². The molecule has 1 unspecified atom stereocenters. The molecule has 0 saturated carbocycles. The summed E-state index contributed by atoms with van der Waals surface area (Å²) in [5.41, 5.74) is -3.97. The molecule has 22 heteroatoms. The first-order valence-electron chi connectivity index (χ1n) is 28.0. The number of esters is 1. The van der Waals surface area contributed by atoms with E-state index < -0.39 is 126 Å². The maximum absolute atomic E-state index is 14.7. The van der Waals surface area contributed by atoms with Crippen LogP contribution in [0, 0.1) is 23.7 Å². The largest absolute Gasteiger partial charge is 0.477 e. The fraction of sp³-hybridized carbons (Fsp3) is 0.789. The molecule has 5 N–H and O–H groups in total. The van der Waals surface area contributed by atoms with E-state index in [4.69, 9.17) is 47.4 Å². The number of fused-ring (bicyclic) bond motifs is 3. The number of carboxylic acid groups (broad SMARTS) is 1. The van der Waals surface area contributed by atoms with Crippen LogP contribution in [-0.4, -0.2) is 200 Å². The predicted octanol–water partition coefficient (Wildman–Crippen LogP) is 4.58. The van der Waals surface area contributed by atoms with Crippen LogP contribution in [0.2, 0.25) is 0 Å². The maximum atomic E-state index is 14.7. The Kier molecular flexibility index (Phi) is 21.5. The monoisotopic (exact) mass is 1120 g/mol. The Morgan fingerprint density at radius 1 is 0.899 bits per heavy atom. The maximum Gasteiger partial charge on any atom is 0.407 e. The second kappa shape index (κ2) is 26.5. The van der Waals surface area contributed by atoms with E-state index in [0.29, 0.717) is 36.8 Å². The zero-order valence-electron chi connectivity index (χ0n) is 49.3. The number of aromatic carboxylic acids is 1. The second-order valence-corrected chi connectivity index (χ2v) is 23.7. The van der Waals surface area contributed by atoms with Crippen molar-refractivity contribution in [2.75, 3.05) is 60.1 Å². The molecule has 0 aliphatic carbocycles. The minimum atomic E-state index is -1.69. The molecule has 79 heavy (non-hydrogen) atoms. The summed E-state index contributed by atoms with van der Waals surface area (Å²) in [5, 5.41) is 51.5. The van der Waals surface area contributed by atoms with E-state index in [1.807, 2.05) is 59.7 Å². The molecule has 4 fully saturated rings. The van der Waals surface area contributed by atoms with Gasteiger partial charge in [-0.3, -0.25) is 14.3 Å². The minimum absolute atomic E-state index is 0.0232. The predicted molar refractivity (Wildman–Crippen MR) is 291 cm³/mol. The molecule has 20 atom stereocenters. The molecule has 4 aliphatic heterocycles. The van der Waals surface area contributed by atoms with Gasteiger partial charge in [-0.2, -0.15) is 0 Å². The summed E-state index contributed by atoms with van der Waals surface area (Å²) < 4.78 is 65.1. The van der Waals surface area contributed by atoms with Crippen LogP contribution in [-0.2, 0) is 58.6 Å². The summed E-state index contributed by atoms with van der Waals surface area (Å²) in [6.45, 7) is 20.2. The molecule has 1 aromatic heterocycles. The van der Waals surface area contributed by atoms with E-state index in [9.17, 15) is 39.6 Å². The number of carbonyl (C=O) groups is 3. The van der Waals surface area contributed by atoms with Crippen LogP contribution >= 0.6 is 0 Å². The van der Waals surface area contributed by atoms with E-state index in [1.54, 1.807) is 77.5 Å². The summed E-state index contributed by atoms with van der Waals surface area (Å²) in [4.78, 5) is 54.8. The van der Waals surface area contributed by atoms with Gasteiger partial charge in [0.25, 0.3) is 0 Å². The van der Waals surface area contributed by atoms with Gasteiger partial charge < -0.3 is 83.0 Å². The number of alkyl carbamates (subject to hydrolysis) is 1. The van der Waals surface area contributed by atoms with Gasteiger partial charge in [-0.1, -0.05) is 33.8 Å². The van der Waals surface area contributed by atoms with Gasteiger partial charge in [0.05, 0.1) is 60.3 Å². The molecule has 5 heterocycles. The number of hydrogen-bond donors (Lipinski definition) is 5. The smallest absolute Gasteiger partial charge is 0.407 e. The molecule has 4 aliphatic rings. The number of carbonyl (C=O) groups excluding carboxylic acids is 2. The van der Waals surface area contributed by atoms with Crippen LogP contribution in [0.25, 0.3) is 10.9 Å². The standard InChI is InChI=1S/C57H92N4O18/c1-17-42-57(11,69)49-32(4)46(74-36(8)75-49)30(2)27-55(9,68)48(78-53-45(63)41(59(12)13)25-31(3)72-53)33(5)47(34(6)52(66)76-42)77-43-28-56(10,70-16)50(35(7)73-43)79-54(67)58-22-24-71-23-18-19-37-20-21-40-38(26-37)44(62)39(51(64)65)29-61(40)60(14)15/h20-21,26,29-36,41-43,45-50,53,63,68-69H,17-19,22-25,27-28H2,1-16H3,(H,58,67)(H,64,65)/t30-,31-,32?,33+,34-,35+,36+,41+,42-,43+,45-,46+,47+,48-,49-,50+,53+,55-,56-,57-/m1/s1. The highest BCUT2D eigenvalue weighted by molar-refractivity contribution is 5.92. The van der Waals surface area contributed by atoms with Crippen molar-refractivity contribution in [2.45, 2.75) is 211 Å². The fourth-order valence-electron chi connectivity index (χ4n) is 12.6. The SMILES string of the molecule is CC[C@H]1OC(=O)[C@H](C)[C@@H](O[C@H]2C[C@@](C)(OC)[C@@H](OC(=O)NCCOCCCc3ccc4c(c3)c(=O)c(C(=O)O)cn4N(C)C)[C@H](C)O2)[C@H](C)[C@@H](O[C@@H]2O[C@H](C)C[C@H](N(C)C)[C@H]2O)[C@](C)(O)C[C@@H](C)[C@@H]2O[C@H](C)O[C@H](C2C)[C@]1(C)O. The Balaban J connectivity index is 1.16. The lowest BCUT2D eigenvalue weighted by Gasteiger charge is -2.51. The van der Waals surface area contributed by atoms with Crippen molar-refractivity contribution >= 4 is 28.9 Å². The number of likely N-dealkylation sites (N-methyl/N-ethyl adjacent to an activating group) is 1. The number of cyclic esters (lactones) is 1. The molecular formula is C57H92N4O18. The molecule has 448 valence electrons. The van der Waals surface area contributed by atoms with Crippen LogP contribution in [0.1, 0.15) is 124 Å². The first-order valence-corrected chi connectivity index (χ1v) is 28.0. The zero-order valence-corrected chi connectivity index (χ0v) is 49.3. The number of aliphatic hydroxyl groups excluding tert-OH is 1. The Morgan fingerprint density at radius 3 is 2.23 bits per heavy atom. The number of amides is 1. The average molecular weight is 1120 g/mol. The highest BCUT2D eigenvalue weighted by atomic mass is 16.7. The van der Waals surface area contributed by atoms with Gasteiger partial charge >= 0.3 is 18.0 Å². The third-order valence-electron chi connectivity index (χ3n) is 16.8. The lowest BCUT2D eigenvalue weighted by atomic mass is 9.73. The van der Waals surface area contributed by atoms with E-state index in [-0.39, 0.29) is 56.0 Å². The van der Waals surface area contributed by atoms with Gasteiger partial charge in [0.1, 0.15) is 29.0 Å². The van der Waals surface area contributed by atoms with E-state index in [1.165, 1.54) is 13.3 Å². The Bertz CT molecular complexity index is 2440. The van der Waals surface area contributed by atoms with Crippen molar-refractivity contribution in [1.29, 1.82) is 0 Å². The summed E-state index contributed by atoms with van der Waals surface area (Å²) in [6.07, 6.45) is -8.08. The number of nitrogens with zero attached hydrogens (tertiary/aromatic N) is 3. The van der Waals surface area contributed by atoms with Gasteiger partial charge in [0, 0.05) is 70.2 Å². The molecule has 2 bridgehead atoms. The number of hydrogen-bond acceptors (Lipinski definition) is 19. The molecule has 22 nitrogen and oxygen atoms in total. The first kappa shape index (κ1) is 64.1. The Hall–Kier alpha value is -4.04. The summed E-state index contributed by atoms with van der Waals surface area (Å²) in [5.74, 6) is -4.65. The lowest BCUT2D eigenvalue weighted by molar-refractivity contribution is -0.325. The second-order valence-electron chi connectivity index (χ2n) is 23.7. The van der Waals surface area contributed by atoms with Crippen molar-refractivity contribution in [3.8, 4) is 0 Å². The van der Waals surface area contributed by atoms with Crippen molar-refractivity contribution in [2.24, 2.45) is 23.7 Å². The van der Waals surface area contributed by atoms with Crippen LogP contribution in [0.4, 0.5) is 4.79 Å². The van der Waals surface area contributed by atoms with Crippen LogP contribution in [0.5, 0.6) is 0 Å². The van der Waals surface area contributed by atoms with Gasteiger partial charge in [-0.05, 0) is 118 Å². The number of nitrogens with one attached hydrogen (secondary N) is 1. The molecule has 2 aromatic rings. The molecule has 1 amide bonds. The normalized spacial score (nSPS) is 38.7. The number of aryl methyl sites for hydroxylation is 1. The zero-order chi connectivity index (χ0) is 58.6. The van der Waals surface area contributed by atoms with Gasteiger partial charge in [-0.25, -0.2) is 9.59 Å². The van der Waals surface area contributed by atoms with Crippen LogP contribution < -0.4 is 15.8 Å². The fourth-order valence-corrected chi connectivity index (χ4v) is 12.6. The number of methoxy groups -OCH3 is 1. The molecule has 6 rings (SSSR count). The van der Waals surface area contributed by atoms with Crippen molar-refractivity contribution in [3.63, 3.8) is 0 Å². The third-order valence-corrected chi connectivity index (χ3v) is 16.8. The number of pyridine rings is 1. The Labute approximate surface area is 465 Å². The van der Waals surface area contributed by atoms with Crippen LogP contribution in [0.15, 0.2) is 29.2 Å². The lowest BCUT2D eigenvalue weighted by Crippen LogP contribution is -2.63. The summed E-state index contributed by atoms with van der Waals surface area (Å²) >= 11 is 0. The van der Waals surface area contributed by atoms with E-state index >= 15 is 0 Å². The number of ether oxygens (including phenoxy) is 10. The molecular weight excluding hydrogens is 1030 g/mol. The first-order chi connectivity index (χ1) is 37.0. The van der Waals surface area contributed by atoms with Crippen molar-refractivity contribution in [1.82, 2.24) is 14.9 Å². The number of carboxylic acids is 1.